The first-order valence-electron chi connectivity index (χ1n) is 7.40. The standard InChI is InChI=1S/C10H10O5.C8H6O5/c1-14-9(12)6-3-7(10(13)15-2)5-8(11)4-6;9-6-2-4(7(10)11)1-5(3-6)8(12)13/h3-5,11H,1-2H3;1-3,9H,(H,10,11)(H,12,13). The van der Waals surface area contributed by atoms with E-state index in [9.17, 15) is 24.3 Å². The largest absolute Gasteiger partial charge is 0.508 e. The van der Waals surface area contributed by atoms with Crippen LogP contribution in [0.25, 0.3) is 0 Å². The van der Waals surface area contributed by atoms with Gasteiger partial charge in [-0.2, -0.15) is 0 Å². The summed E-state index contributed by atoms with van der Waals surface area (Å²) in [4.78, 5) is 43.1. The quantitative estimate of drug-likeness (QED) is 0.563. The van der Waals surface area contributed by atoms with Crippen molar-refractivity contribution in [1.29, 1.82) is 0 Å². The molecule has 2 aromatic rings. The van der Waals surface area contributed by atoms with Crippen LogP contribution in [0.3, 0.4) is 0 Å². The Morgan fingerprint density at radius 3 is 1.18 bits per heavy atom. The highest BCUT2D eigenvalue weighted by molar-refractivity contribution is 5.96. The number of carbonyl (C=O) groups is 4. The Morgan fingerprint density at radius 1 is 0.607 bits per heavy atom. The van der Waals surface area contributed by atoms with E-state index in [2.05, 4.69) is 9.47 Å². The highest BCUT2D eigenvalue weighted by Gasteiger charge is 2.13. The summed E-state index contributed by atoms with van der Waals surface area (Å²) < 4.78 is 8.91. The van der Waals surface area contributed by atoms with Crippen LogP contribution in [0.5, 0.6) is 11.5 Å². The third-order valence-electron chi connectivity index (χ3n) is 3.17. The van der Waals surface area contributed by atoms with Gasteiger partial charge in [0.1, 0.15) is 11.5 Å². The SMILES string of the molecule is COC(=O)c1cc(O)cc(C(=O)OC)c1.O=C(O)c1cc(O)cc(C(=O)O)c1. The molecule has 0 saturated carbocycles. The summed E-state index contributed by atoms with van der Waals surface area (Å²) in [5.74, 6) is -4.39. The highest BCUT2D eigenvalue weighted by Crippen LogP contribution is 2.17. The topological polar surface area (TPSA) is 168 Å². The smallest absolute Gasteiger partial charge is 0.338 e. The van der Waals surface area contributed by atoms with Crippen molar-refractivity contribution >= 4 is 23.9 Å². The fourth-order valence-corrected chi connectivity index (χ4v) is 1.94. The third-order valence-corrected chi connectivity index (χ3v) is 3.17. The molecule has 28 heavy (non-hydrogen) atoms. The van der Waals surface area contributed by atoms with Gasteiger partial charge in [-0.15, -0.1) is 0 Å². The van der Waals surface area contributed by atoms with E-state index in [1.54, 1.807) is 0 Å². The number of benzene rings is 2. The van der Waals surface area contributed by atoms with E-state index in [0.29, 0.717) is 0 Å². The van der Waals surface area contributed by atoms with E-state index in [0.717, 1.165) is 18.2 Å². The van der Waals surface area contributed by atoms with Crippen molar-refractivity contribution in [3.8, 4) is 11.5 Å². The molecule has 10 heteroatoms. The molecule has 0 unspecified atom stereocenters. The van der Waals surface area contributed by atoms with Gasteiger partial charge in [-0.25, -0.2) is 19.2 Å². The lowest BCUT2D eigenvalue weighted by Gasteiger charge is -2.03. The number of hydrogen-bond acceptors (Lipinski definition) is 8. The van der Waals surface area contributed by atoms with Crippen LogP contribution in [-0.4, -0.2) is 58.5 Å². The Balaban J connectivity index is 0.000000283. The van der Waals surface area contributed by atoms with E-state index < -0.39 is 23.9 Å². The molecule has 148 valence electrons. The van der Waals surface area contributed by atoms with Gasteiger partial charge in [0.2, 0.25) is 0 Å². The molecule has 2 aromatic carbocycles. The summed E-state index contributed by atoms with van der Waals surface area (Å²) in [6, 6.07) is 6.64. The molecule has 0 heterocycles. The summed E-state index contributed by atoms with van der Waals surface area (Å²) in [5.41, 5.74) is -0.314. The number of carboxylic acid groups (broad SMARTS) is 2. The van der Waals surface area contributed by atoms with Crippen LogP contribution >= 0.6 is 0 Å². The van der Waals surface area contributed by atoms with Gasteiger partial charge in [-0.1, -0.05) is 0 Å². The molecule has 0 bridgehead atoms. The lowest BCUT2D eigenvalue weighted by atomic mass is 10.1. The minimum absolute atomic E-state index is 0.0953. The second-order valence-corrected chi connectivity index (χ2v) is 5.13. The second-order valence-electron chi connectivity index (χ2n) is 5.13. The Hall–Kier alpha value is -4.08. The molecule has 0 atom stereocenters. The number of phenolic OH excluding ortho intramolecular Hbond substituents is 2. The van der Waals surface area contributed by atoms with Gasteiger partial charge >= 0.3 is 23.9 Å². The second kappa shape index (κ2) is 9.57. The Labute approximate surface area is 158 Å². The molecule has 10 nitrogen and oxygen atoms in total. The number of esters is 2. The summed E-state index contributed by atoms with van der Waals surface area (Å²) in [6.45, 7) is 0. The number of aromatic hydroxyl groups is 2. The molecule has 0 aliphatic heterocycles. The maximum absolute atomic E-state index is 11.1. The fraction of sp³-hybridized carbons (Fsp3) is 0.111. The number of ether oxygens (including phenoxy) is 2. The predicted molar refractivity (Wildman–Crippen MR) is 92.8 cm³/mol. The van der Waals surface area contributed by atoms with Crippen molar-refractivity contribution in [3.05, 3.63) is 58.7 Å². The van der Waals surface area contributed by atoms with E-state index in [1.165, 1.54) is 32.4 Å². The average molecular weight is 392 g/mol. The maximum atomic E-state index is 11.1. The predicted octanol–water partition coefficient (Wildman–Crippen LogP) is 1.75. The van der Waals surface area contributed by atoms with Gasteiger partial charge < -0.3 is 29.9 Å². The number of carboxylic acids is 2. The van der Waals surface area contributed by atoms with Crippen molar-refractivity contribution in [2.45, 2.75) is 0 Å². The number of aromatic carboxylic acids is 2. The van der Waals surface area contributed by atoms with Gasteiger partial charge in [-0.05, 0) is 36.4 Å². The molecule has 0 aromatic heterocycles. The molecule has 0 saturated heterocycles. The number of hydrogen-bond donors (Lipinski definition) is 4. The molecule has 2 rings (SSSR count). The summed E-state index contributed by atoms with van der Waals surface area (Å²) in [5, 5.41) is 35.3. The van der Waals surface area contributed by atoms with Gasteiger partial charge in [0.25, 0.3) is 0 Å². The van der Waals surface area contributed by atoms with Crippen LogP contribution in [0.1, 0.15) is 41.4 Å². The zero-order valence-corrected chi connectivity index (χ0v) is 14.7. The summed E-state index contributed by atoms with van der Waals surface area (Å²) in [7, 11) is 2.42. The molecular formula is C18H16O10. The molecule has 4 N–H and O–H groups in total. The van der Waals surface area contributed by atoms with Crippen molar-refractivity contribution < 1.29 is 49.1 Å². The number of rotatable bonds is 4. The zero-order valence-electron chi connectivity index (χ0n) is 14.7. The normalized spacial score (nSPS) is 9.50. The van der Waals surface area contributed by atoms with E-state index in [1.807, 2.05) is 0 Å². The number of carbonyl (C=O) groups excluding carboxylic acids is 2. The van der Waals surface area contributed by atoms with Crippen molar-refractivity contribution in [3.63, 3.8) is 0 Å². The van der Waals surface area contributed by atoms with Gasteiger partial charge in [0, 0.05) is 0 Å². The lowest BCUT2D eigenvalue weighted by molar-refractivity contribution is 0.0594. The minimum Gasteiger partial charge on any atom is -0.508 e. The van der Waals surface area contributed by atoms with E-state index in [-0.39, 0.29) is 33.8 Å². The summed E-state index contributed by atoms with van der Waals surface area (Å²) in [6.07, 6.45) is 0. The monoisotopic (exact) mass is 392 g/mol. The van der Waals surface area contributed by atoms with Crippen LogP contribution in [0.15, 0.2) is 36.4 Å². The van der Waals surface area contributed by atoms with Crippen LogP contribution in [-0.2, 0) is 9.47 Å². The molecule has 0 aliphatic rings. The van der Waals surface area contributed by atoms with Gasteiger partial charge in [0.05, 0.1) is 36.5 Å². The highest BCUT2D eigenvalue weighted by atomic mass is 16.5. The Bertz CT molecular complexity index is 850. The van der Waals surface area contributed by atoms with Crippen LogP contribution in [0.4, 0.5) is 0 Å². The minimum atomic E-state index is -1.28. The first kappa shape index (κ1) is 22.0. The van der Waals surface area contributed by atoms with Crippen LogP contribution in [0.2, 0.25) is 0 Å². The number of phenols is 2. The maximum Gasteiger partial charge on any atom is 0.338 e. The fourth-order valence-electron chi connectivity index (χ4n) is 1.94. The molecule has 0 radical (unpaired) electrons. The van der Waals surface area contributed by atoms with E-state index >= 15 is 0 Å². The first-order valence-corrected chi connectivity index (χ1v) is 7.40. The summed E-state index contributed by atoms with van der Waals surface area (Å²) >= 11 is 0. The number of methoxy groups -OCH3 is 2. The molecule has 0 fully saturated rings. The van der Waals surface area contributed by atoms with Crippen molar-refractivity contribution in [2.75, 3.05) is 14.2 Å². The Morgan fingerprint density at radius 2 is 0.893 bits per heavy atom. The molecular weight excluding hydrogens is 376 g/mol. The van der Waals surface area contributed by atoms with Gasteiger partial charge in [-0.3, -0.25) is 0 Å². The van der Waals surface area contributed by atoms with E-state index in [4.69, 9.17) is 15.3 Å². The van der Waals surface area contributed by atoms with Gasteiger partial charge in [0.15, 0.2) is 0 Å². The zero-order chi connectivity index (χ0) is 21.4. The van der Waals surface area contributed by atoms with Crippen molar-refractivity contribution in [2.24, 2.45) is 0 Å². The van der Waals surface area contributed by atoms with Crippen molar-refractivity contribution in [1.82, 2.24) is 0 Å². The van der Waals surface area contributed by atoms with Crippen LogP contribution < -0.4 is 0 Å². The molecule has 0 spiro atoms. The molecule has 0 aliphatic carbocycles. The Kier molecular flexibility index (Phi) is 7.51. The van der Waals surface area contributed by atoms with Crippen LogP contribution in [0, 0.1) is 0 Å². The molecule has 0 amide bonds. The third kappa shape index (κ3) is 6.02. The lowest BCUT2D eigenvalue weighted by Crippen LogP contribution is -2.06. The first-order chi connectivity index (χ1) is 13.1. The average Bonchev–Trinajstić information content (AvgIpc) is 2.66.